The average molecular weight is 470 g/mol. The lowest BCUT2D eigenvalue weighted by atomic mass is 10.2. The molecule has 0 atom stereocenters. The van der Waals surface area contributed by atoms with E-state index in [-0.39, 0.29) is 12.7 Å². The molecule has 174 valence electrons. The molecule has 33 heavy (non-hydrogen) atoms. The lowest BCUT2D eigenvalue weighted by Crippen LogP contribution is -2.19. The number of hydrogen-bond acceptors (Lipinski definition) is 8. The van der Waals surface area contributed by atoms with E-state index in [2.05, 4.69) is 25.9 Å². The van der Waals surface area contributed by atoms with Crippen molar-refractivity contribution in [3.63, 3.8) is 0 Å². The second kappa shape index (κ2) is 10.9. The summed E-state index contributed by atoms with van der Waals surface area (Å²) in [5, 5.41) is 10.0. The Balaban J connectivity index is 1.77. The maximum atomic E-state index is 11.8. The van der Waals surface area contributed by atoms with E-state index >= 15 is 0 Å². The molecular formula is C24H28ClN5O3. The second-order valence-electron chi connectivity index (χ2n) is 7.70. The minimum Gasteiger partial charge on any atom is -0.482 e. The molecule has 0 saturated heterocycles. The normalized spacial score (nSPS) is 10.6. The summed E-state index contributed by atoms with van der Waals surface area (Å²) in [5.41, 5.74) is 4.45. The minimum atomic E-state index is -0.420. The number of carbonyl (C=O) groups excluding carboxylic acids is 1. The van der Waals surface area contributed by atoms with Gasteiger partial charge in [-0.15, -0.1) is 0 Å². The zero-order valence-electron chi connectivity index (χ0n) is 19.3. The second-order valence-corrected chi connectivity index (χ2v) is 8.10. The highest BCUT2D eigenvalue weighted by Crippen LogP contribution is 2.31. The van der Waals surface area contributed by atoms with Crippen LogP contribution in [0.3, 0.4) is 0 Å². The van der Waals surface area contributed by atoms with Crippen molar-refractivity contribution in [1.82, 2.24) is 9.97 Å². The van der Waals surface area contributed by atoms with E-state index < -0.39 is 5.97 Å². The summed E-state index contributed by atoms with van der Waals surface area (Å²) >= 11 is 6.34. The third kappa shape index (κ3) is 6.49. The number of nitrogens with zero attached hydrogens (tertiary/aromatic N) is 2. The summed E-state index contributed by atoms with van der Waals surface area (Å²) in [5.74, 6) is 0.971. The Morgan fingerprint density at radius 1 is 1.09 bits per heavy atom. The van der Waals surface area contributed by atoms with Crippen LogP contribution in [0.1, 0.15) is 25.0 Å². The first kappa shape index (κ1) is 24.1. The Hall–Kier alpha value is -3.52. The van der Waals surface area contributed by atoms with Gasteiger partial charge in [0.15, 0.2) is 12.4 Å². The Bertz CT molecular complexity index is 1140. The van der Waals surface area contributed by atoms with Crippen LogP contribution in [-0.2, 0) is 9.53 Å². The molecule has 0 bridgehead atoms. The number of nitrogens with one attached hydrogen (secondary N) is 3. The molecule has 0 saturated carbocycles. The van der Waals surface area contributed by atoms with Gasteiger partial charge in [-0.2, -0.15) is 4.98 Å². The Morgan fingerprint density at radius 2 is 1.88 bits per heavy atom. The molecule has 0 amide bonds. The van der Waals surface area contributed by atoms with E-state index in [1.165, 1.54) is 6.20 Å². The fourth-order valence-corrected chi connectivity index (χ4v) is 3.22. The SMILES string of the molecule is CNc1cc(C)ccc1Nc1nc(Nc2cccc(OCC(=O)OC(C)C)c2C)ncc1Cl. The third-order valence-electron chi connectivity index (χ3n) is 4.68. The first-order valence-electron chi connectivity index (χ1n) is 10.5. The molecule has 0 aliphatic heterocycles. The number of benzene rings is 2. The van der Waals surface area contributed by atoms with Crippen LogP contribution < -0.4 is 20.7 Å². The molecule has 2 aromatic carbocycles. The monoisotopic (exact) mass is 469 g/mol. The fraction of sp³-hybridized carbons (Fsp3) is 0.292. The molecule has 0 radical (unpaired) electrons. The van der Waals surface area contributed by atoms with Crippen molar-refractivity contribution in [2.24, 2.45) is 0 Å². The van der Waals surface area contributed by atoms with E-state index in [9.17, 15) is 4.79 Å². The van der Waals surface area contributed by atoms with Gasteiger partial charge in [0, 0.05) is 18.3 Å². The Morgan fingerprint density at radius 3 is 2.61 bits per heavy atom. The number of ether oxygens (including phenoxy) is 2. The third-order valence-corrected chi connectivity index (χ3v) is 4.96. The summed E-state index contributed by atoms with van der Waals surface area (Å²) in [6, 6.07) is 11.5. The van der Waals surface area contributed by atoms with E-state index in [1.807, 2.05) is 51.2 Å². The van der Waals surface area contributed by atoms with Gasteiger partial charge in [-0.1, -0.05) is 23.7 Å². The van der Waals surface area contributed by atoms with Gasteiger partial charge in [-0.3, -0.25) is 0 Å². The minimum absolute atomic E-state index is 0.168. The summed E-state index contributed by atoms with van der Waals surface area (Å²) in [4.78, 5) is 20.6. The van der Waals surface area contributed by atoms with E-state index in [0.717, 1.165) is 28.2 Å². The highest BCUT2D eigenvalue weighted by molar-refractivity contribution is 6.33. The molecular weight excluding hydrogens is 442 g/mol. The van der Waals surface area contributed by atoms with Gasteiger partial charge in [0.1, 0.15) is 10.8 Å². The molecule has 3 rings (SSSR count). The van der Waals surface area contributed by atoms with E-state index in [0.29, 0.717) is 22.5 Å². The quantitative estimate of drug-likeness (QED) is 0.348. The number of aryl methyl sites for hydroxylation is 1. The summed E-state index contributed by atoms with van der Waals surface area (Å²) in [6.45, 7) is 7.32. The fourth-order valence-electron chi connectivity index (χ4n) is 3.08. The van der Waals surface area contributed by atoms with Crippen molar-refractivity contribution < 1.29 is 14.3 Å². The number of hydrogen-bond donors (Lipinski definition) is 3. The highest BCUT2D eigenvalue weighted by atomic mass is 35.5. The standard InChI is InChI=1S/C24H28ClN5O3/c1-14(2)33-22(31)13-32-21-8-6-7-18(16(21)4)29-24-27-12-17(25)23(30-24)28-19-10-9-15(3)11-20(19)26-5/h6-12,14,26H,13H2,1-5H3,(H2,27,28,29,30). The van der Waals surface area contributed by atoms with E-state index in [4.69, 9.17) is 21.1 Å². The molecule has 0 unspecified atom stereocenters. The van der Waals surface area contributed by atoms with Crippen molar-refractivity contribution in [2.75, 3.05) is 29.6 Å². The van der Waals surface area contributed by atoms with Gasteiger partial charge in [-0.25, -0.2) is 9.78 Å². The van der Waals surface area contributed by atoms with Crippen LogP contribution in [0, 0.1) is 13.8 Å². The number of halogens is 1. The van der Waals surface area contributed by atoms with Crippen molar-refractivity contribution in [2.45, 2.75) is 33.8 Å². The van der Waals surface area contributed by atoms with Crippen molar-refractivity contribution in [3.05, 3.63) is 58.7 Å². The van der Waals surface area contributed by atoms with Gasteiger partial charge >= 0.3 is 5.97 Å². The van der Waals surface area contributed by atoms with Crippen LogP contribution in [0.4, 0.5) is 28.8 Å². The molecule has 0 aliphatic rings. The van der Waals surface area contributed by atoms with Crippen LogP contribution >= 0.6 is 11.6 Å². The van der Waals surface area contributed by atoms with Gasteiger partial charge in [-0.05, 0) is 57.5 Å². The Kier molecular flexibility index (Phi) is 7.95. The maximum absolute atomic E-state index is 11.8. The molecule has 0 spiro atoms. The van der Waals surface area contributed by atoms with Crippen LogP contribution in [0.15, 0.2) is 42.6 Å². The van der Waals surface area contributed by atoms with Gasteiger partial charge < -0.3 is 25.4 Å². The number of esters is 1. The number of aromatic nitrogens is 2. The van der Waals surface area contributed by atoms with Crippen molar-refractivity contribution in [1.29, 1.82) is 0 Å². The lowest BCUT2D eigenvalue weighted by molar-refractivity contribution is -0.149. The topological polar surface area (TPSA) is 97.4 Å². The number of anilines is 5. The van der Waals surface area contributed by atoms with Crippen LogP contribution in [0.5, 0.6) is 5.75 Å². The zero-order valence-corrected chi connectivity index (χ0v) is 20.1. The Labute approximate surface area is 198 Å². The van der Waals surface area contributed by atoms with Crippen LogP contribution in [0.2, 0.25) is 5.02 Å². The summed E-state index contributed by atoms with van der Waals surface area (Å²) < 4.78 is 10.7. The first-order chi connectivity index (χ1) is 15.8. The summed E-state index contributed by atoms with van der Waals surface area (Å²) in [6.07, 6.45) is 1.34. The molecule has 1 heterocycles. The van der Waals surface area contributed by atoms with E-state index in [1.54, 1.807) is 19.9 Å². The molecule has 0 aliphatic carbocycles. The molecule has 0 fully saturated rings. The zero-order chi connectivity index (χ0) is 24.0. The van der Waals surface area contributed by atoms with Gasteiger partial charge in [0.2, 0.25) is 5.95 Å². The molecule has 3 aromatic rings. The highest BCUT2D eigenvalue weighted by Gasteiger charge is 2.13. The first-order valence-corrected chi connectivity index (χ1v) is 10.9. The predicted octanol–water partition coefficient (Wildman–Crippen LogP) is 5.61. The lowest BCUT2D eigenvalue weighted by Gasteiger charge is -2.16. The predicted molar refractivity (Wildman–Crippen MR) is 132 cm³/mol. The number of carbonyl (C=O) groups is 1. The van der Waals surface area contributed by atoms with Crippen molar-refractivity contribution >= 4 is 46.4 Å². The van der Waals surface area contributed by atoms with Crippen molar-refractivity contribution in [3.8, 4) is 5.75 Å². The number of rotatable bonds is 9. The van der Waals surface area contributed by atoms with Gasteiger partial charge in [0.25, 0.3) is 0 Å². The maximum Gasteiger partial charge on any atom is 0.344 e. The largest absolute Gasteiger partial charge is 0.482 e. The molecule has 8 nitrogen and oxygen atoms in total. The van der Waals surface area contributed by atoms with Crippen LogP contribution in [-0.4, -0.2) is 35.7 Å². The smallest absolute Gasteiger partial charge is 0.344 e. The molecule has 3 N–H and O–H groups in total. The van der Waals surface area contributed by atoms with Crippen LogP contribution in [0.25, 0.3) is 0 Å². The summed E-state index contributed by atoms with van der Waals surface area (Å²) in [7, 11) is 1.86. The molecule has 1 aromatic heterocycles. The molecule has 9 heteroatoms. The van der Waals surface area contributed by atoms with Gasteiger partial charge in [0.05, 0.1) is 23.7 Å². The average Bonchev–Trinajstić information content (AvgIpc) is 2.77.